The summed E-state index contributed by atoms with van der Waals surface area (Å²) in [5.74, 6) is 1.39. The molecule has 2 N–H and O–H groups in total. The molecule has 0 amide bonds. The third-order valence-electron chi connectivity index (χ3n) is 3.19. The third kappa shape index (κ3) is 6.56. The molecule has 0 saturated heterocycles. The van der Waals surface area contributed by atoms with Crippen molar-refractivity contribution in [2.75, 3.05) is 13.1 Å². The van der Waals surface area contributed by atoms with Crippen LogP contribution < -0.4 is 10.6 Å². The van der Waals surface area contributed by atoms with Gasteiger partial charge in [0.15, 0.2) is 5.96 Å². The summed E-state index contributed by atoms with van der Waals surface area (Å²) in [6, 6.07) is 6.71. The maximum Gasteiger partial charge on any atom is 0.274 e. The average molecular weight is 306 g/mol. The quantitative estimate of drug-likeness (QED) is 0.254. The Morgan fingerprint density at radius 2 is 2.05 bits per heavy atom. The molecule has 0 aromatic heterocycles. The summed E-state index contributed by atoms with van der Waals surface area (Å²) in [6.45, 7) is 8.29. The van der Waals surface area contributed by atoms with Crippen molar-refractivity contribution in [3.63, 3.8) is 0 Å². The number of nitro groups is 1. The lowest BCUT2D eigenvalue weighted by Gasteiger charge is -2.12. The zero-order chi connectivity index (χ0) is 16.4. The third-order valence-corrected chi connectivity index (χ3v) is 3.19. The van der Waals surface area contributed by atoms with Gasteiger partial charge in [-0.3, -0.25) is 10.1 Å². The second-order valence-corrected chi connectivity index (χ2v) is 5.54. The first kappa shape index (κ1) is 17.9. The van der Waals surface area contributed by atoms with Gasteiger partial charge in [-0.25, -0.2) is 4.99 Å². The minimum absolute atomic E-state index is 0.113. The summed E-state index contributed by atoms with van der Waals surface area (Å²) < 4.78 is 0. The molecule has 0 fully saturated rings. The normalized spacial score (nSPS) is 11.5. The Hall–Kier alpha value is -2.11. The second kappa shape index (κ2) is 9.76. The molecule has 0 unspecified atom stereocenters. The molecule has 0 atom stereocenters. The molecule has 122 valence electrons. The minimum Gasteiger partial charge on any atom is -0.357 e. The maximum absolute atomic E-state index is 11.0. The molecular formula is C16H26N4O2. The summed E-state index contributed by atoms with van der Waals surface area (Å²) in [5, 5.41) is 17.4. The lowest BCUT2D eigenvalue weighted by molar-refractivity contribution is -0.385. The molecule has 0 aliphatic heterocycles. The summed E-state index contributed by atoms with van der Waals surface area (Å²) in [6.07, 6.45) is 2.24. The lowest BCUT2D eigenvalue weighted by Crippen LogP contribution is -2.37. The van der Waals surface area contributed by atoms with E-state index >= 15 is 0 Å². The van der Waals surface area contributed by atoms with Crippen LogP contribution in [0, 0.1) is 16.0 Å². The summed E-state index contributed by atoms with van der Waals surface area (Å²) in [4.78, 5) is 15.1. The van der Waals surface area contributed by atoms with Crippen molar-refractivity contribution < 1.29 is 4.92 Å². The summed E-state index contributed by atoms with van der Waals surface area (Å²) in [7, 11) is 0. The van der Waals surface area contributed by atoms with Crippen molar-refractivity contribution in [1.29, 1.82) is 0 Å². The number of para-hydroxylation sites is 1. The molecule has 0 spiro atoms. The Balaban J connectivity index is 2.64. The van der Waals surface area contributed by atoms with Crippen LogP contribution in [0.4, 0.5) is 5.69 Å². The van der Waals surface area contributed by atoms with Crippen LogP contribution in [0.5, 0.6) is 0 Å². The fourth-order valence-electron chi connectivity index (χ4n) is 2.05. The zero-order valence-electron chi connectivity index (χ0n) is 13.6. The monoisotopic (exact) mass is 306 g/mol. The van der Waals surface area contributed by atoms with Gasteiger partial charge in [0, 0.05) is 19.2 Å². The molecular weight excluding hydrogens is 280 g/mol. The number of hydrogen-bond donors (Lipinski definition) is 2. The molecule has 6 heteroatoms. The zero-order valence-corrected chi connectivity index (χ0v) is 13.6. The smallest absolute Gasteiger partial charge is 0.274 e. The van der Waals surface area contributed by atoms with E-state index in [4.69, 9.17) is 0 Å². The fraction of sp³-hybridized carbons (Fsp3) is 0.562. The van der Waals surface area contributed by atoms with E-state index in [2.05, 4.69) is 29.5 Å². The highest BCUT2D eigenvalue weighted by molar-refractivity contribution is 5.79. The van der Waals surface area contributed by atoms with Crippen LogP contribution in [0.15, 0.2) is 29.3 Å². The van der Waals surface area contributed by atoms with Crippen LogP contribution in [0.3, 0.4) is 0 Å². The topological polar surface area (TPSA) is 79.6 Å². The first-order chi connectivity index (χ1) is 10.5. The average Bonchev–Trinajstić information content (AvgIpc) is 2.49. The van der Waals surface area contributed by atoms with Crippen LogP contribution in [0.25, 0.3) is 0 Å². The summed E-state index contributed by atoms with van der Waals surface area (Å²) >= 11 is 0. The largest absolute Gasteiger partial charge is 0.357 e. The lowest BCUT2D eigenvalue weighted by atomic mass is 10.1. The van der Waals surface area contributed by atoms with Gasteiger partial charge < -0.3 is 10.6 Å². The molecule has 22 heavy (non-hydrogen) atoms. The van der Waals surface area contributed by atoms with Gasteiger partial charge >= 0.3 is 0 Å². The molecule has 1 aromatic rings. The Morgan fingerprint density at radius 1 is 1.32 bits per heavy atom. The van der Waals surface area contributed by atoms with E-state index in [0.29, 0.717) is 17.4 Å². The molecule has 1 rings (SSSR count). The maximum atomic E-state index is 11.0. The molecule has 0 heterocycles. The van der Waals surface area contributed by atoms with Gasteiger partial charge in [-0.15, -0.1) is 0 Å². The SMILES string of the molecule is CCNC(=NCc1ccccc1[N+](=O)[O-])NCCCC(C)C. The van der Waals surface area contributed by atoms with E-state index in [1.54, 1.807) is 18.2 Å². The number of rotatable bonds is 8. The number of hydrogen-bond acceptors (Lipinski definition) is 3. The van der Waals surface area contributed by atoms with E-state index < -0.39 is 0 Å². The van der Waals surface area contributed by atoms with E-state index in [0.717, 1.165) is 25.9 Å². The van der Waals surface area contributed by atoms with Crippen molar-refractivity contribution in [3.8, 4) is 0 Å². The van der Waals surface area contributed by atoms with Crippen molar-refractivity contribution in [2.45, 2.75) is 40.2 Å². The number of guanidine groups is 1. The Morgan fingerprint density at radius 3 is 2.68 bits per heavy atom. The van der Waals surface area contributed by atoms with E-state index in [9.17, 15) is 10.1 Å². The van der Waals surface area contributed by atoms with E-state index in [-0.39, 0.29) is 17.2 Å². The van der Waals surface area contributed by atoms with Crippen LogP contribution in [-0.2, 0) is 6.54 Å². The highest BCUT2D eigenvalue weighted by Crippen LogP contribution is 2.18. The Bertz CT molecular complexity index is 501. The highest BCUT2D eigenvalue weighted by atomic mass is 16.6. The molecule has 1 aromatic carbocycles. The number of nitrogens with zero attached hydrogens (tertiary/aromatic N) is 2. The second-order valence-electron chi connectivity index (χ2n) is 5.54. The predicted octanol–water partition coefficient (Wildman–Crippen LogP) is 3.09. The fourth-order valence-corrected chi connectivity index (χ4v) is 2.05. The number of nitrogens with one attached hydrogen (secondary N) is 2. The van der Waals surface area contributed by atoms with Gasteiger partial charge in [0.1, 0.15) is 0 Å². The van der Waals surface area contributed by atoms with Gasteiger partial charge in [0.05, 0.1) is 17.0 Å². The number of benzene rings is 1. The van der Waals surface area contributed by atoms with E-state index in [1.165, 1.54) is 6.07 Å². The van der Waals surface area contributed by atoms with Gasteiger partial charge in [-0.05, 0) is 25.7 Å². The summed E-state index contributed by atoms with van der Waals surface area (Å²) in [5.41, 5.74) is 0.730. The highest BCUT2D eigenvalue weighted by Gasteiger charge is 2.11. The standard InChI is InChI=1S/C16H26N4O2/c1-4-17-16(18-11-7-8-13(2)3)19-12-14-9-5-6-10-15(14)20(21)22/h5-6,9-10,13H,4,7-8,11-12H2,1-3H3,(H2,17,18,19). The van der Waals surface area contributed by atoms with Crippen molar-refractivity contribution in [3.05, 3.63) is 39.9 Å². The minimum atomic E-state index is -0.367. The van der Waals surface area contributed by atoms with Crippen LogP contribution in [0.1, 0.15) is 39.2 Å². The van der Waals surface area contributed by atoms with Crippen LogP contribution >= 0.6 is 0 Å². The van der Waals surface area contributed by atoms with Crippen molar-refractivity contribution >= 4 is 11.6 Å². The van der Waals surface area contributed by atoms with E-state index in [1.807, 2.05) is 6.92 Å². The first-order valence-corrected chi connectivity index (χ1v) is 7.79. The number of nitro benzene ring substituents is 1. The molecule has 0 radical (unpaired) electrons. The van der Waals surface area contributed by atoms with Crippen LogP contribution in [-0.4, -0.2) is 24.0 Å². The predicted molar refractivity (Wildman–Crippen MR) is 90.0 cm³/mol. The van der Waals surface area contributed by atoms with Gasteiger partial charge in [-0.1, -0.05) is 32.0 Å². The molecule has 0 bridgehead atoms. The van der Waals surface area contributed by atoms with Crippen molar-refractivity contribution in [2.24, 2.45) is 10.9 Å². The number of aliphatic imine (C=N–C) groups is 1. The van der Waals surface area contributed by atoms with Gasteiger partial charge in [0.2, 0.25) is 0 Å². The first-order valence-electron chi connectivity index (χ1n) is 7.79. The van der Waals surface area contributed by atoms with Gasteiger partial charge in [0.25, 0.3) is 5.69 Å². The van der Waals surface area contributed by atoms with Crippen LogP contribution in [0.2, 0.25) is 0 Å². The molecule has 0 aliphatic rings. The molecule has 0 saturated carbocycles. The Labute approximate surface area is 132 Å². The molecule has 0 aliphatic carbocycles. The van der Waals surface area contributed by atoms with Gasteiger partial charge in [-0.2, -0.15) is 0 Å². The van der Waals surface area contributed by atoms with Crippen molar-refractivity contribution in [1.82, 2.24) is 10.6 Å². The molecule has 6 nitrogen and oxygen atoms in total. The Kier molecular flexibility index (Phi) is 7.96.